The highest BCUT2D eigenvalue weighted by molar-refractivity contribution is 5.97. The summed E-state index contributed by atoms with van der Waals surface area (Å²) in [6, 6.07) is 7.10. The molecule has 8 nitrogen and oxygen atoms in total. The van der Waals surface area contributed by atoms with Crippen LogP contribution in [-0.2, 0) is 30.4 Å². The Balaban J connectivity index is 2.04. The molecule has 0 aliphatic carbocycles. The van der Waals surface area contributed by atoms with Gasteiger partial charge in [0.15, 0.2) is 6.61 Å². The molecular formula is C16H17NO7. The van der Waals surface area contributed by atoms with E-state index in [2.05, 4.69) is 10.1 Å². The van der Waals surface area contributed by atoms with Crippen LogP contribution in [0, 0.1) is 0 Å². The van der Waals surface area contributed by atoms with Crippen molar-refractivity contribution in [2.45, 2.75) is 6.61 Å². The van der Waals surface area contributed by atoms with Crippen molar-refractivity contribution in [1.29, 1.82) is 0 Å². The molecule has 0 radical (unpaired) electrons. The van der Waals surface area contributed by atoms with Crippen molar-refractivity contribution in [3.63, 3.8) is 0 Å². The number of carbonyl (C=O) groups is 3. The molecule has 0 atom stereocenters. The van der Waals surface area contributed by atoms with Crippen molar-refractivity contribution in [3.05, 3.63) is 35.6 Å². The lowest BCUT2D eigenvalue weighted by Gasteiger charge is -2.05. The molecule has 0 bridgehead atoms. The minimum Gasteiger partial charge on any atom is -0.468 e. The maximum atomic E-state index is 12.2. The lowest BCUT2D eigenvalue weighted by molar-refractivity contribution is -0.141. The number of hydrogen-bond donors (Lipinski definition) is 1. The number of para-hydroxylation sites is 1. The second-order valence-corrected chi connectivity index (χ2v) is 4.77. The number of carbonyl (C=O) groups excluding carboxylic acids is 3. The van der Waals surface area contributed by atoms with Crippen LogP contribution in [0.25, 0.3) is 11.0 Å². The molecule has 0 saturated heterocycles. The first-order valence-corrected chi connectivity index (χ1v) is 7.06. The molecule has 1 aromatic carbocycles. The number of amides is 1. The van der Waals surface area contributed by atoms with E-state index in [1.807, 2.05) is 6.07 Å². The smallest absolute Gasteiger partial charge is 0.375 e. The molecule has 0 unspecified atom stereocenters. The molecule has 0 aliphatic rings. The van der Waals surface area contributed by atoms with Crippen molar-refractivity contribution >= 4 is 28.8 Å². The van der Waals surface area contributed by atoms with Crippen molar-refractivity contribution < 1.29 is 33.0 Å². The molecule has 0 fully saturated rings. The highest BCUT2D eigenvalue weighted by atomic mass is 16.5. The summed E-state index contributed by atoms with van der Waals surface area (Å²) in [5.41, 5.74) is 1.07. The first-order chi connectivity index (χ1) is 11.6. The van der Waals surface area contributed by atoms with Gasteiger partial charge >= 0.3 is 11.9 Å². The number of rotatable bonds is 7. The average Bonchev–Trinajstić information content (AvgIpc) is 2.96. The second kappa shape index (κ2) is 8.11. The van der Waals surface area contributed by atoms with Gasteiger partial charge in [0.1, 0.15) is 12.1 Å². The van der Waals surface area contributed by atoms with E-state index < -0.39 is 24.5 Å². The van der Waals surface area contributed by atoms with Gasteiger partial charge in [-0.25, -0.2) is 4.79 Å². The normalized spacial score (nSPS) is 10.4. The van der Waals surface area contributed by atoms with Crippen LogP contribution >= 0.6 is 0 Å². The van der Waals surface area contributed by atoms with E-state index in [9.17, 15) is 14.4 Å². The minimum atomic E-state index is -0.786. The van der Waals surface area contributed by atoms with Crippen molar-refractivity contribution in [3.8, 4) is 0 Å². The monoisotopic (exact) mass is 335 g/mol. The maximum absolute atomic E-state index is 12.2. The molecule has 1 aromatic heterocycles. The van der Waals surface area contributed by atoms with Gasteiger partial charge in [0.05, 0.1) is 13.7 Å². The number of hydrogen-bond acceptors (Lipinski definition) is 7. The minimum absolute atomic E-state index is 0.0150. The standard InChI is InChI=1S/C16H17NO7/c1-21-8-11-10-5-3-4-6-12(10)24-15(11)16(20)23-9-13(18)17-7-14(19)22-2/h3-6H,7-9H2,1-2H3,(H,17,18). The number of benzene rings is 1. The largest absolute Gasteiger partial charge is 0.468 e. The summed E-state index contributed by atoms with van der Waals surface area (Å²) >= 11 is 0. The number of nitrogens with one attached hydrogen (secondary N) is 1. The Hall–Kier alpha value is -2.87. The number of ether oxygens (including phenoxy) is 3. The highest BCUT2D eigenvalue weighted by Gasteiger charge is 2.22. The van der Waals surface area contributed by atoms with Crippen LogP contribution < -0.4 is 5.32 Å². The summed E-state index contributed by atoms with van der Waals surface area (Å²) in [7, 11) is 2.70. The molecule has 1 heterocycles. The van der Waals surface area contributed by atoms with Crippen LogP contribution in [0.4, 0.5) is 0 Å². The van der Waals surface area contributed by atoms with E-state index in [0.717, 1.165) is 5.39 Å². The summed E-state index contributed by atoms with van der Waals surface area (Å²) in [5.74, 6) is -2.03. The lowest BCUT2D eigenvalue weighted by atomic mass is 10.1. The third kappa shape index (κ3) is 4.11. The molecule has 2 aromatic rings. The van der Waals surface area contributed by atoms with Gasteiger partial charge in [0.2, 0.25) is 5.76 Å². The fraction of sp³-hybridized carbons (Fsp3) is 0.312. The van der Waals surface area contributed by atoms with Gasteiger partial charge in [-0.3, -0.25) is 9.59 Å². The fourth-order valence-electron chi connectivity index (χ4n) is 2.04. The lowest BCUT2D eigenvalue weighted by Crippen LogP contribution is -2.33. The second-order valence-electron chi connectivity index (χ2n) is 4.77. The zero-order valence-corrected chi connectivity index (χ0v) is 13.3. The molecule has 1 amide bonds. The van der Waals surface area contributed by atoms with Crippen LogP contribution in [0.15, 0.2) is 28.7 Å². The fourth-order valence-corrected chi connectivity index (χ4v) is 2.04. The third-order valence-electron chi connectivity index (χ3n) is 3.16. The first kappa shape index (κ1) is 17.5. The predicted octanol–water partition coefficient (Wildman–Crippen LogP) is 1.03. The van der Waals surface area contributed by atoms with Gasteiger partial charge in [-0.1, -0.05) is 18.2 Å². The summed E-state index contributed by atoms with van der Waals surface area (Å²) in [5, 5.41) is 3.00. The zero-order chi connectivity index (χ0) is 17.5. The molecule has 8 heteroatoms. The van der Waals surface area contributed by atoms with E-state index in [0.29, 0.717) is 11.1 Å². The van der Waals surface area contributed by atoms with Crippen LogP contribution in [0.5, 0.6) is 0 Å². The van der Waals surface area contributed by atoms with Crippen LogP contribution in [-0.4, -0.2) is 45.2 Å². The molecule has 128 valence electrons. The Morgan fingerprint density at radius 2 is 1.92 bits per heavy atom. The maximum Gasteiger partial charge on any atom is 0.375 e. The Kier molecular flexibility index (Phi) is 5.91. The van der Waals surface area contributed by atoms with E-state index in [1.165, 1.54) is 14.2 Å². The number of esters is 2. The average molecular weight is 335 g/mol. The van der Waals surface area contributed by atoms with E-state index in [1.54, 1.807) is 18.2 Å². The van der Waals surface area contributed by atoms with Gasteiger partial charge < -0.3 is 23.9 Å². The van der Waals surface area contributed by atoms with Gasteiger partial charge in [0.25, 0.3) is 5.91 Å². The topological polar surface area (TPSA) is 104 Å². The van der Waals surface area contributed by atoms with Crippen LogP contribution in [0.1, 0.15) is 16.1 Å². The van der Waals surface area contributed by atoms with Gasteiger partial charge in [-0.2, -0.15) is 0 Å². The highest BCUT2D eigenvalue weighted by Crippen LogP contribution is 2.27. The molecule has 1 N–H and O–H groups in total. The Morgan fingerprint density at radius 1 is 1.17 bits per heavy atom. The van der Waals surface area contributed by atoms with Crippen LogP contribution in [0.2, 0.25) is 0 Å². The summed E-state index contributed by atoms with van der Waals surface area (Å²) in [6.07, 6.45) is 0. The summed E-state index contributed by atoms with van der Waals surface area (Å²) in [4.78, 5) is 34.6. The Morgan fingerprint density at radius 3 is 2.62 bits per heavy atom. The number of furan rings is 1. The zero-order valence-electron chi connectivity index (χ0n) is 13.3. The Bertz CT molecular complexity index is 750. The van der Waals surface area contributed by atoms with Crippen molar-refractivity contribution in [2.24, 2.45) is 0 Å². The van der Waals surface area contributed by atoms with E-state index in [-0.39, 0.29) is 18.9 Å². The van der Waals surface area contributed by atoms with Crippen molar-refractivity contribution in [1.82, 2.24) is 5.32 Å². The Labute approximate surface area is 137 Å². The van der Waals surface area contributed by atoms with Gasteiger partial charge in [-0.05, 0) is 6.07 Å². The third-order valence-corrected chi connectivity index (χ3v) is 3.16. The molecular weight excluding hydrogens is 318 g/mol. The van der Waals surface area contributed by atoms with E-state index in [4.69, 9.17) is 13.9 Å². The summed E-state index contributed by atoms with van der Waals surface area (Å²) in [6.45, 7) is -0.679. The molecule has 0 aliphatic heterocycles. The number of methoxy groups -OCH3 is 2. The van der Waals surface area contributed by atoms with Gasteiger partial charge in [0, 0.05) is 18.1 Å². The molecule has 24 heavy (non-hydrogen) atoms. The quantitative estimate of drug-likeness (QED) is 0.753. The molecule has 0 spiro atoms. The van der Waals surface area contributed by atoms with Crippen molar-refractivity contribution in [2.75, 3.05) is 27.4 Å². The van der Waals surface area contributed by atoms with Crippen LogP contribution in [0.3, 0.4) is 0 Å². The number of fused-ring (bicyclic) bond motifs is 1. The van der Waals surface area contributed by atoms with E-state index >= 15 is 0 Å². The summed E-state index contributed by atoms with van der Waals surface area (Å²) < 4.78 is 19.9. The predicted molar refractivity (Wildman–Crippen MR) is 82.2 cm³/mol. The molecule has 0 saturated carbocycles. The van der Waals surface area contributed by atoms with Gasteiger partial charge in [-0.15, -0.1) is 0 Å². The first-order valence-electron chi connectivity index (χ1n) is 7.06. The SMILES string of the molecule is COCc1c(C(=O)OCC(=O)NCC(=O)OC)oc2ccccc12. The molecule has 2 rings (SSSR count).